The van der Waals surface area contributed by atoms with Gasteiger partial charge in [0.2, 0.25) is 0 Å². The number of allylic oxidation sites excluding steroid dienone is 1. The van der Waals surface area contributed by atoms with E-state index in [0.29, 0.717) is 6.04 Å². The Kier molecular flexibility index (Phi) is 11.2. The predicted octanol–water partition coefficient (Wildman–Crippen LogP) is 6.02. The standard InChI is InChI=1S/C20H41NSi/c1-5-20(18-22(6-2)7-3)19(4)21-16-14-12-10-8-9-11-13-15-17-21/h5,19,22H,6-18H2,1-4H3. The van der Waals surface area contributed by atoms with Crippen molar-refractivity contribution in [1.82, 2.24) is 4.90 Å². The van der Waals surface area contributed by atoms with E-state index in [1.165, 1.54) is 82.6 Å². The fourth-order valence-corrected chi connectivity index (χ4v) is 6.26. The zero-order chi connectivity index (χ0) is 16.2. The van der Waals surface area contributed by atoms with Crippen molar-refractivity contribution >= 4 is 8.80 Å². The van der Waals surface area contributed by atoms with E-state index in [1.54, 1.807) is 5.57 Å². The highest BCUT2D eigenvalue weighted by molar-refractivity contribution is 6.59. The van der Waals surface area contributed by atoms with Crippen LogP contribution < -0.4 is 0 Å². The molecule has 1 aliphatic heterocycles. The Morgan fingerprint density at radius 1 is 0.909 bits per heavy atom. The summed E-state index contributed by atoms with van der Waals surface area (Å²) in [7, 11) is -0.516. The summed E-state index contributed by atoms with van der Waals surface area (Å²) < 4.78 is 0. The van der Waals surface area contributed by atoms with Crippen LogP contribution in [0.1, 0.15) is 79.1 Å². The minimum atomic E-state index is -0.516. The van der Waals surface area contributed by atoms with Gasteiger partial charge in [0.15, 0.2) is 0 Å². The van der Waals surface area contributed by atoms with Crippen LogP contribution in [0.15, 0.2) is 11.6 Å². The Morgan fingerprint density at radius 3 is 1.77 bits per heavy atom. The van der Waals surface area contributed by atoms with E-state index in [-0.39, 0.29) is 0 Å². The molecule has 0 bridgehead atoms. The molecular formula is C20H41NSi. The molecule has 1 aliphatic rings. The van der Waals surface area contributed by atoms with Gasteiger partial charge in [-0.15, -0.1) is 0 Å². The van der Waals surface area contributed by atoms with Gasteiger partial charge >= 0.3 is 0 Å². The van der Waals surface area contributed by atoms with Crippen LogP contribution in [0.3, 0.4) is 0 Å². The van der Waals surface area contributed by atoms with Crippen molar-refractivity contribution in [3.05, 3.63) is 11.6 Å². The Labute approximate surface area is 142 Å². The quantitative estimate of drug-likeness (QED) is 0.426. The zero-order valence-corrected chi connectivity index (χ0v) is 17.0. The van der Waals surface area contributed by atoms with E-state index < -0.39 is 8.80 Å². The lowest BCUT2D eigenvalue weighted by molar-refractivity contribution is 0.224. The summed E-state index contributed by atoms with van der Waals surface area (Å²) in [5.41, 5.74) is 1.75. The van der Waals surface area contributed by atoms with Gasteiger partial charge in [0.1, 0.15) is 0 Å². The van der Waals surface area contributed by atoms with Crippen molar-refractivity contribution in [1.29, 1.82) is 0 Å². The molecule has 0 aliphatic carbocycles. The van der Waals surface area contributed by atoms with Crippen LogP contribution in [-0.2, 0) is 0 Å². The fourth-order valence-electron chi connectivity index (χ4n) is 3.86. The molecule has 1 nitrogen and oxygen atoms in total. The van der Waals surface area contributed by atoms with Crippen molar-refractivity contribution in [2.45, 2.75) is 103 Å². The van der Waals surface area contributed by atoms with E-state index in [9.17, 15) is 0 Å². The topological polar surface area (TPSA) is 3.24 Å². The van der Waals surface area contributed by atoms with Gasteiger partial charge in [-0.25, -0.2) is 0 Å². The Balaban J connectivity index is 2.61. The van der Waals surface area contributed by atoms with E-state index in [2.05, 4.69) is 38.7 Å². The minimum Gasteiger partial charge on any atom is -0.297 e. The molecule has 1 unspecified atom stereocenters. The molecule has 1 fully saturated rings. The Hall–Kier alpha value is -0.0831. The minimum absolute atomic E-state index is 0.516. The summed E-state index contributed by atoms with van der Waals surface area (Å²) in [4.78, 5) is 2.80. The fraction of sp³-hybridized carbons (Fsp3) is 0.900. The highest BCUT2D eigenvalue weighted by atomic mass is 28.3. The first-order valence-corrected chi connectivity index (χ1v) is 12.6. The first-order valence-electron chi connectivity index (χ1n) is 10.1. The lowest BCUT2D eigenvalue weighted by Crippen LogP contribution is -2.37. The average Bonchev–Trinajstić information content (AvgIpc) is 2.61. The first-order chi connectivity index (χ1) is 10.7. The maximum Gasteiger partial charge on any atom is 0.0404 e. The number of nitrogens with zero attached hydrogens (tertiary/aromatic N) is 1. The molecule has 0 aromatic heterocycles. The zero-order valence-electron chi connectivity index (χ0n) is 15.9. The SMILES string of the molecule is CC=C(C[SiH](CC)CC)C(C)N1CCCCCCCCCC1. The highest BCUT2D eigenvalue weighted by Gasteiger charge is 2.19. The molecule has 1 heterocycles. The lowest BCUT2D eigenvalue weighted by Gasteiger charge is -2.32. The number of hydrogen-bond acceptors (Lipinski definition) is 1. The third-order valence-electron chi connectivity index (χ3n) is 5.77. The van der Waals surface area contributed by atoms with Crippen LogP contribution in [0.2, 0.25) is 18.1 Å². The second-order valence-corrected chi connectivity index (χ2v) is 11.1. The monoisotopic (exact) mass is 323 g/mol. The molecule has 0 aromatic rings. The largest absolute Gasteiger partial charge is 0.297 e. The average molecular weight is 324 g/mol. The second kappa shape index (κ2) is 12.4. The van der Waals surface area contributed by atoms with Gasteiger partial charge in [-0.3, -0.25) is 4.90 Å². The molecule has 2 heteroatoms. The first kappa shape index (κ1) is 20.0. The van der Waals surface area contributed by atoms with Crippen molar-refractivity contribution in [3.63, 3.8) is 0 Å². The number of rotatable bonds is 6. The Morgan fingerprint density at radius 2 is 1.36 bits per heavy atom. The second-order valence-electron chi connectivity index (χ2n) is 7.29. The van der Waals surface area contributed by atoms with Gasteiger partial charge < -0.3 is 0 Å². The summed E-state index contributed by atoms with van der Waals surface area (Å²) >= 11 is 0. The summed E-state index contributed by atoms with van der Waals surface area (Å²) in [5.74, 6) is 0. The molecule has 1 rings (SSSR count). The molecule has 0 N–H and O–H groups in total. The molecule has 1 atom stereocenters. The normalized spacial score (nSPS) is 21.6. The lowest BCUT2D eigenvalue weighted by atomic mass is 10.1. The summed E-state index contributed by atoms with van der Waals surface area (Å²) in [6.07, 6.45) is 14.0. The van der Waals surface area contributed by atoms with Gasteiger partial charge in [0, 0.05) is 14.8 Å². The summed E-state index contributed by atoms with van der Waals surface area (Å²) in [6, 6.07) is 5.04. The van der Waals surface area contributed by atoms with Crippen molar-refractivity contribution in [2.75, 3.05) is 13.1 Å². The highest BCUT2D eigenvalue weighted by Crippen LogP contribution is 2.22. The van der Waals surface area contributed by atoms with E-state index in [1.807, 2.05) is 0 Å². The van der Waals surface area contributed by atoms with Gasteiger partial charge in [-0.2, -0.15) is 0 Å². The van der Waals surface area contributed by atoms with Crippen LogP contribution in [0.25, 0.3) is 0 Å². The van der Waals surface area contributed by atoms with Gasteiger partial charge in [0.05, 0.1) is 0 Å². The smallest absolute Gasteiger partial charge is 0.0404 e. The van der Waals surface area contributed by atoms with Gasteiger partial charge in [0.25, 0.3) is 0 Å². The maximum atomic E-state index is 2.80. The van der Waals surface area contributed by atoms with E-state index in [4.69, 9.17) is 0 Å². The maximum absolute atomic E-state index is 2.80. The molecule has 0 radical (unpaired) electrons. The van der Waals surface area contributed by atoms with Gasteiger partial charge in [-0.05, 0) is 45.8 Å². The van der Waals surface area contributed by atoms with Crippen LogP contribution in [0, 0.1) is 0 Å². The molecule has 1 saturated heterocycles. The van der Waals surface area contributed by atoms with Crippen LogP contribution >= 0.6 is 0 Å². The molecule has 0 saturated carbocycles. The summed E-state index contributed by atoms with van der Waals surface area (Å²) in [5, 5.41) is 0. The third-order valence-corrected chi connectivity index (χ3v) is 9.13. The van der Waals surface area contributed by atoms with Gasteiger partial charge in [-0.1, -0.05) is 76.1 Å². The van der Waals surface area contributed by atoms with Crippen LogP contribution in [-0.4, -0.2) is 32.8 Å². The summed E-state index contributed by atoms with van der Waals surface area (Å²) in [6.45, 7) is 12.2. The Bertz CT molecular complexity index is 284. The molecular weight excluding hydrogens is 282 g/mol. The number of hydrogen-bond donors (Lipinski definition) is 0. The van der Waals surface area contributed by atoms with E-state index >= 15 is 0 Å². The van der Waals surface area contributed by atoms with Crippen molar-refractivity contribution < 1.29 is 0 Å². The third kappa shape index (κ3) is 7.46. The van der Waals surface area contributed by atoms with Crippen molar-refractivity contribution in [2.24, 2.45) is 0 Å². The molecule has 0 spiro atoms. The van der Waals surface area contributed by atoms with Crippen molar-refractivity contribution in [3.8, 4) is 0 Å². The van der Waals surface area contributed by atoms with Crippen LogP contribution in [0.5, 0.6) is 0 Å². The molecule has 0 aromatic carbocycles. The molecule has 130 valence electrons. The molecule has 22 heavy (non-hydrogen) atoms. The molecule has 0 amide bonds. The van der Waals surface area contributed by atoms with E-state index in [0.717, 1.165) is 0 Å². The predicted molar refractivity (Wildman–Crippen MR) is 105 cm³/mol. The van der Waals surface area contributed by atoms with Crippen LogP contribution in [0.4, 0.5) is 0 Å².